The number of hydrogen-bond acceptors (Lipinski definition) is 3. The first-order valence-electron chi connectivity index (χ1n) is 7.63. The SMILES string of the molecule is OCC1C[C@H]2CC[C@@H](C1)N2Cc1nc2ccccc2[nH]1. The van der Waals surface area contributed by atoms with Crippen LogP contribution in [0.4, 0.5) is 0 Å². The Balaban J connectivity index is 1.54. The van der Waals surface area contributed by atoms with E-state index in [2.05, 4.69) is 22.0 Å². The van der Waals surface area contributed by atoms with Gasteiger partial charge in [0.25, 0.3) is 0 Å². The lowest BCUT2D eigenvalue weighted by Crippen LogP contribution is -2.43. The average Bonchev–Trinajstić information content (AvgIpc) is 2.96. The average molecular weight is 271 g/mol. The van der Waals surface area contributed by atoms with Gasteiger partial charge in [-0.2, -0.15) is 0 Å². The summed E-state index contributed by atoms with van der Waals surface area (Å²) in [6.45, 7) is 1.27. The van der Waals surface area contributed by atoms with E-state index in [1.54, 1.807) is 0 Å². The number of aliphatic hydroxyl groups excluding tert-OH is 1. The first-order chi connectivity index (χ1) is 9.83. The highest BCUT2D eigenvalue weighted by Gasteiger charge is 2.40. The van der Waals surface area contributed by atoms with Gasteiger partial charge in [-0.25, -0.2) is 4.98 Å². The van der Waals surface area contributed by atoms with E-state index in [1.165, 1.54) is 12.8 Å². The van der Waals surface area contributed by atoms with E-state index >= 15 is 0 Å². The molecule has 0 spiro atoms. The summed E-state index contributed by atoms with van der Waals surface area (Å²) < 4.78 is 0. The molecule has 2 aliphatic rings. The van der Waals surface area contributed by atoms with Crippen molar-refractivity contribution in [2.75, 3.05) is 6.61 Å². The number of piperidine rings is 1. The van der Waals surface area contributed by atoms with Crippen LogP contribution in [0.25, 0.3) is 11.0 Å². The molecule has 0 aliphatic carbocycles. The third kappa shape index (κ3) is 2.03. The molecule has 1 unspecified atom stereocenters. The van der Waals surface area contributed by atoms with E-state index in [-0.39, 0.29) is 0 Å². The number of aromatic amines is 1. The largest absolute Gasteiger partial charge is 0.396 e. The molecule has 0 radical (unpaired) electrons. The van der Waals surface area contributed by atoms with Gasteiger partial charge < -0.3 is 10.1 Å². The second-order valence-corrected chi connectivity index (χ2v) is 6.28. The summed E-state index contributed by atoms with van der Waals surface area (Å²) in [5.41, 5.74) is 2.18. The van der Waals surface area contributed by atoms with Gasteiger partial charge in [0.2, 0.25) is 0 Å². The Labute approximate surface area is 118 Å². The summed E-state index contributed by atoms with van der Waals surface area (Å²) in [5, 5.41) is 9.39. The quantitative estimate of drug-likeness (QED) is 0.900. The normalized spacial score (nSPS) is 30.1. The van der Waals surface area contributed by atoms with Crippen LogP contribution in [0, 0.1) is 5.92 Å². The Morgan fingerprint density at radius 2 is 1.95 bits per heavy atom. The van der Waals surface area contributed by atoms with Gasteiger partial charge in [-0.15, -0.1) is 0 Å². The highest BCUT2D eigenvalue weighted by molar-refractivity contribution is 5.74. The van der Waals surface area contributed by atoms with E-state index in [9.17, 15) is 5.11 Å². The number of rotatable bonds is 3. The summed E-state index contributed by atoms with van der Waals surface area (Å²) >= 11 is 0. The van der Waals surface area contributed by atoms with E-state index in [0.717, 1.165) is 36.2 Å². The van der Waals surface area contributed by atoms with E-state index < -0.39 is 0 Å². The minimum absolute atomic E-state index is 0.353. The van der Waals surface area contributed by atoms with Gasteiger partial charge in [-0.05, 0) is 43.7 Å². The molecule has 4 rings (SSSR count). The molecule has 3 heterocycles. The summed E-state index contributed by atoms with van der Waals surface area (Å²) in [6, 6.07) is 9.49. The highest BCUT2D eigenvalue weighted by Crippen LogP contribution is 2.39. The molecule has 2 fully saturated rings. The van der Waals surface area contributed by atoms with Crippen LogP contribution in [-0.4, -0.2) is 38.7 Å². The van der Waals surface area contributed by atoms with Crippen molar-refractivity contribution in [3.8, 4) is 0 Å². The van der Waals surface area contributed by atoms with Crippen molar-refractivity contribution in [3.05, 3.63) is 30.1 Å². The maximum absolute atomic E-state index is 9.39. The Morgan fingerprint density at radius 1 is 1.20 bits per heavy atom. The molecule has 3 atom stereocenters. The molecule has 0 saturated carbocycles. The summed E-state index contributed by atoms with van der Waals surface area (Å²) in [7, 11) is 0. The van der Waals surface area contributed by atoms with E-state index in [0.29, 0.717) is 24.6 Å². The fraction of sp³-hybridized carbons (Fsp3) is 0.562. The van der Waals surface area contributed by atoms with Gasteiger partial charge in [0.1, 0.15) is 5.82 Å². The van der Waals surface area contributed by atoms with Crippen LogP contribution < -0.4 is 0 Å². The van der Waals surface area contributed by atoms with Crippen LogP contribution in [0.1, 0.15) is 31.5 Å². The minimum Gasteiger partial charge on any atom is -0.396 e. The van der Waals surface area contributed by atoms with Gasteiger partial charge in [0.15, 0.2) is 0 Å². The molecule has 0 amide bonds. The van der Waals surface area contributed by atoms with E-state index in [1.807, 2.05) is 12.1 Å². The lowest BCUT2D eigenvalue weighted by Gasteiger charge is -2.37. The van der Waals surface area contributed by atoms with Gasteiger partial charge in [-0.1, -0.05) is 12.1 Å². The predicted molar refractivity (Wildman–Crippen MR) is 78.3 cm³/mol. The number of imidazole rings is 1. The molecule has 4 heteroatoms. The first-order valence-corrected chi connectivity index (χ1v) is 7.63. The summed E-state index contributed by atoms with van der Waals surface area (Å²) in [5.74, 6) is 1.59. The summed E-state index contributed by atoms with van der Waals surface area (Å²) in [4.78, 5) is 10.7. The molecule has 2 N–H and O–H groups in total. The van der Waals surface area contributed by atoms with Gasteiger partial charge in [0, 0.05) is 18.7 Å². The molecule has 2 bridgehead atoms. The Bertz CT molecular complexity index is 562. The predicted octanol–water partition coefficient (Wildman–Crippen LogP) is 2.30. The van der Waals surface area contributed by atoms with Gasteiger partial charge in [0.05, 0.1) is 17.6 Å². The van der Waals surface area contributed by atoms with Crippen LogP contribution >= 0.6 is 0 Å². The molecule has 4 nitrogen and oxygen atoms in total. The number of hydrogen-bond donors (Lipinski definition) is 2. The van der Waals surface area contributed by atoms with Crippen LogP contribution in [0.3, 0.4) is 0 Å². The number of para-hydroxylation sites is 2. The molecule has 1 aromatic heterocycles. The zero-order chi connectivity index (χ0) is 13.5. The van der Waals surface area contributed by atoms with Crippen molar-refractivity contribution in [1.29, 1.82) is 0 Å². The molecule has 2 aliphatic heterocycles. The zero-order valence-electron chi connectivity index (χ0n) is 11.6. The maximum Gasteiger partial charge on any atom is 0.121 e. The molecular formula is C16H21N3O. The molecule has 20 heavy (non-hydrogen) atoms. The first kappa shape index (κ1) is 12.4. The van der Waals surface area contributed by atoms with Gasteiger partial charge >= 0.3 is 0 Å². The number of nitrogens with one attached hydrogen (secondary N) is 1. The van der Waals surface area contributed by atoms with Crippen molar-refractivity contribution in [1.82, 2.24) is 14.9 Å². The van der Waals surface area contributed by atoms with Crippen molar-refractivity contribution in [3.63, 3.8) is 0 Å². The van der Waals surface area contributed by atoms with E-state index in [4.69, 9.17) is 4.98 Å². The molecule has 106 valence electrons. The smallest absolute Gasteiger partial charge is 0.121 e. The zero-order valence-corrected chi connectivity index (χ0v) is 11.6. The number of fused-ring (bicyclic) bond motifs is 3. The van der Waals surface area contributed by atoms with Crippen molar-refractivity contribution in [2.24, 2.45) is 5.92 Å². The van der Waals surface area contributed by atoms with Crippen molar-refractivity contribution < 1.29 is 5.11 Å². The number of H-pyrrole nitrogens is 1. The fourth-order valence-corrected chi connectivity index (χ4v) is 4.05. The lowest BCUT2D eigenvalue weighted by molar-refractivity contribution is 0.0666. The van der Waals surface area contributed by atoms with Crippen LogP contribution in [0.5, 0.6) is 0 Å². The second kappa shape index (κ2) is 4.86. The van der Waals surface area contributed by atoms with Crippen molar-refractivity contribution >= 4 is 11.0 Å². The topological polar surface area (TPSA) is 52.1 Å². The number of benzene rings is 1. The Morgan fingerprint density at radius 3 is 2.65 bits per heavy atom. The Kier molecular flexibility index (Phi) is 3.00. The number of aromatic nitrogens is 2. The monoisotopic (exact) mass is 271 g/mol. The molecule has 2 saturated heterocycles. The van der Waals surface area contributed by atoms with Crippen LogP contribution in [0.15, 0.2) is 24.3 Å². The van der Waals surface area contributed by atoms with Crippen molar-refractivity contribution in [2.45, 2.75) is 44.3 Å². The highest BCUT2D eigenvalue weighted by atomic mass is 16.3. The third-order valence-electron chi connectivity index (χ3n) is 5.01. The number of aliphatic hydroxyl groups is 1. The standard InChI is InChI=1S/C16H21N3O/c20-10-11-7-12-5-6-13(8-11)19(12)9-16-17-14-3-1-2-4-15(14)18-16/h1-4,11-13,20H,5-10H2,(H,17,18)/t11?,12-,13+. The molecule has 1 aromatic carbocycles. The van der Waals surface area contributed by atoms with Crippen LogP contribution in [-0.2, 0) is 6.54 Å². The molecule has 2 aromatic rings. The maximum atomic E-state index is 9.39. The minimum atomic E-state index is 0.353. The van der Waals surface area contributed by atoms with Crippen LogP contribution in [0.2, 0.25) is 0 Å². The molecular weight excluding hydrogens is 250 g/mol. The third-order valence-corrected chi connectivity index (χ3v) is 5.01. The number of nitrogens with zero attached hydrogens (tertiary/aromatic N) is 2. The summed E-state index contributed by atoms with van der Waals surface area (Å²) in [6.07, 6.45) is 4.85. The Hall–Kier alpha value is -1.39. The lowest BCUT2D eigenvalue weighted by atomic mass is 9.91. The van der Waals surface area contributed by atoms with Gasteiger partial charge in [-0.3, -0.25) is 4.90 Å². The second-order valence-electron chi connectivity index (χ2n) is 6.28. The fourth-order valence-electron chi connectivity index (χ4n) is 4.05.